The number of pyridine rings is 4. The molecule has 1 saturated heterocycles. The number of aliphatic hydroxyl groups is 1. The fraction of sp³-hybridized carbons (Fsp3) is 0.486. The topological polar surface area (TPSA) is 304 Å². The highest BCUT2D eigenvalue weighted by molar-refractivity contribution is 9.09. The van der Waals surface area contributed by atoms with Gasteiger partial charge in [0.1, 0.15) is 25.9 Å². The van der Waals surface area contributed by atoms with E-state index in [-0.39, 0.29) is 26.4 Å². The molecule has 1 aliphatic heterocycles. The van der Waals surface area contributed by atoms with Crippen molar-refractivity contribution in [1.29, 1.82) is 0 Å². The lowest BCUT2D eigenvalue weighted by atomic mass is 10.0. The SMILES string of the molecule is C#CCCOS(C)(=O)=O.C#CCOS(C)(=O)=O.C=CCBr.CC#CC(C)OS(C)(=O)=O.CCC#CCOS(C)(=O)=O.CN(C)CCCCl.Cc1cc(C(C)OS(C)(=O)=O)c2ccccc2n1.ClCCN1CCOCC1.ClCc1ccccn1.ClCc1cccnc1.ClCc1ccncc1.OCC#CCCl. The number of aromatic nitrogens is 4. The smallest absolute Gasteiger partial charge is 0.265 e. The van der Waals surface area contributed by atoms with E-state index in [0.29, 0.717) is 36.4 Å². The summed E-state index contributed by atoms with van der Waals surface area (Å²) in [6.45, 7) is 17.8. The zero-order valence-corrected chi connectivity index (χ0v) is 71.6. The first-order valence-electron chi connectivity index (χ1n) is 31.0. The molecule has 5 heterocycles. The van der Waals surface area contributed by atoms with E-state index in [0.717, 1.165) is 133 Å². The van der Waals surface area contributed by atoms with E-state index in [2.05, 4.69) is 110 Å². The molecule has 0 bridgehead atoms. The Kier molecular flexibility index (Phi) is 77.7. The van der Waals surface area contributed by atoms with Gasteiger partial charge in [-0.25, -0.2) is 0 Å². The fourth-order valence-corrected chi connectivity index (χ4v) is 9.12. The number of aliphatic hydroxyl groups excluding tert-OH is 1. The van der Waals surface area contributed by atoms with E-state index in [9.17, 15) is 42.1 Å². The number of para-hydroxylation sites is 1. The molecule has 105 heavy (non-hydrogen) atoms. The highest BCUT2D eigenvalue weighted by Crippen LogP contribution is 2.27. The minimum Gasteiger partial charge on any atom is -0.384 e. The summed E-state index contributed by atoms with van der Waals surface area (Å²) >= 11 is 35.6. The van der Waals surface area contributed by atoms with E-state index in [4.69, 9.17) is 96.5 Å². The van der Waals surface area contributed by atoms with Gasteiger partial charge in [-0.2, -0.15) is 42.1 Å². The minimum absolute atomic E-state index is 0.0350. The van der Waals surface area contributed by atoms with Crippen molar-refractivity contribution < 1.29 is 72.8 Å². The number of morpholine rings is 1. The van der Waals surface area contributed by atoms with Crippen LogP contribution in [0, 0.1) is 67.1 Å². The molecule has 2 atom stereocenters. The van der Waals surface area contributed by atoms with Gasteiger partial charge >= 0.3 is 0 Å². The van der Waals surface area contributed by atoms with Crippen LogP contribution in [0.1, 0.15) is 81.1 Å². The van der Waals surface area contributed by atoms with Crippen molar-refractivity contribution in [2.24, 2.45) is 0 Å². The predicted octanol–water partition coefficient (Wildman–Crippen LogP) is 11.9. The van der Waals surface area contributed by atoms with E-state index < -0.39 is 62.8 Å². The second-order valence-electron chi connectivity index (χ2n) is 20.0. The molecule has 1 aliphatic rings. The number of alkyl halides is 7. The van der Waals surface area contributed by atoms with E-state index >= 15 is 0 Å². The van der Waals surface area contributed by atoms with Gasteiger partial charge in [0.25, 0.3) is 50.6 Å². The first kappa shape index (κ1) is 111. The Morgan fingerprint density at radius 1 is 0.695 bits per heavy atom. The number of ether oxygens (including phenoxy) is 1. The van der Waals surface area contributed by atoms with E-state index in [1.165, 1.54) is 0 Å². The van der Waals surface area contributed by atoms with Crippen molar-refractivity contribution in [2.75, 3.05) is 134 Å². The highest BCUT2D eigenvalue weighted by Gasteiger charge is 2.16. The molecule has 0 saturated carbocycles. The lowest BCUT2D eigenvalue weighted by Gasteiger charge is -2.25. The van der Waals surface area contributed by atoms with Crippen molar-refractivity contribution >= 4 is 147 Å². The fourth-order valence-electron chi connectivity index (χ4n) is 6.04. The second kappa shape index (κ2) is 73.4. The summed E-state index contributed by atoms with van der Waals surface area (Å²) < 4.78 is 132. The number of rotatable bonds is 21. The predicted molar refractivity (Wildman–Crippen MR) is 435 cm³/mol. The average molecular weight is 1750 g/mol. The van der Waals surface area contributed by atoms with Gasteiger partial charge in [-0.15, -0.1) is 107 Å². The van der Waals surface area contributed by atoms with Crippen molar-refractivity contribution in [2.45, 2.75) is 83.7 Å². The molecule has 0 spiro atoms. The molecular weight excluding hydrogens is 1650 g/mol. The molecule has 23 nitrogen and oxygen atoms in total. The summed E-state index contributed by atoms with van der Waals surface area (Å²) in [6, 6.07) is 22.8. The minimum atomic E-state index is -3.47. The van der Waals surface area contributed by atoms with Crippen LogP contribution in [0.4, 0.5) is 0 Å². The number of allylic oxidation sites excluding steroid dienone is 1. The number of halogens is 7. The number of terminal acetylenes is 2. The zero-order chi connectivity index (χ0) is 81.4. The molecule has 35 heteroatoms. The van der Waals surface area contributed by atoms with Crippen LogP contribution < -0.4 is 0 Å². The first-order valence-corrected chi connectivity index (χ1v) is 44.4. The number of hydrogen-bond acceptors (Lipinski definition) is 23. The summed E-state index contributed by atoms with van der Waals surface area (Å²) in [6.07, 6.45) is 26.1. The third-order valence-corrected chi connectivity index (χ3v) is 15.0. The maximum Gasteiger partial charge on any atom is 0.265 e. The lowest BCUT2D eigenvalue weighted by molar-refractivity contribution is 0.0408. The molecule has 0 radical (unpaired) electrons. The number of fused-ring (bicyclic) bond motifs is 1. The summed E-state index contributed by atoms with van der Waals surface area (Å²) in [5, 5.41) is 9.78. The third kappa shape index (κ3) is 89.8. The summed E-state index contributed by atoms with van der Waals surface area (Å²) in [4.78, 5) is 20.5. The van der Waals surface area contributed by atoms with Crippen molar-refractivity contribution in [3.8, 4) is 60.2 Å². The van der Waals surface area contributed by atoms with Gasteiger partial charge in [0.15, 0.2) is 0 Å². The maximum absolute atomic E-state index is 11.2. The Morgan fingerprint density at radius 2 is 1.27 bits per heavy atom. The zero-order valence-electron chi connectivity index (χ0n) is 61.4. The van der Waals surface area contributed by atoms with E-state index in [1.54, 1.807) is 57.8 Å². The van der Waals surface area contributed by atoms with Crippen LogP contribution in [-0.4, -0.2) is 217 Å². The van der Waals surface area contributed by atoms with Gasteiger partial charge in [0, 0.05) is 103 Å². The summed E-state index contributed by atoms with van der Waals surface area (Å²) in [5.74, 6) is 22.9. The van der Waals surface area contributed by atoms with Crippen molar-refractivity contribution in [1.82, 2.24) is 29.7 Å². The van der Waals surface area contributed by atoms with Crippen LogP contribution >= 0.6 is 85.5 Å². The van der Waals surface area contributed by atoms with Crippen LogP contribution in [0.3, 0.4) is 0 Å². The normalized spacial score (nSPS) is 11.6. The molecule has 6 rings (SSSR count). The van der Waals surface area contributed by atoms with E-state index in [1.807, 2.05) is 107 Å². The summed E-state index contributed by atoms with van der Waals surface area (Å²) in [5.41, 5.74) is 5.62. The Labute approximate surface area is 666 Å². The molecule has 2 unspecified atom stereocenters. The summed E-state index contributed by atoms with van der Waals surface area (Å²) in [7, 11) is -12.7. The molecule has 1 N–H and O–H groups in total. The molecule has 0 amide bonds. The number of hydrogen-bond donors (Lipinski definition) is 1. The Hall–Kier alpha value is -4.77. The van der Waals surface area contributed by atoms with Gasteiger partial charge in [-0.1, -0.05) is 88.9 Å². The molecule has 5 aromatic rings. The number of benzene rings is 1. The van der Waals surface area contributed by atoms with Gasteiger partial charge in [-0.05, 0) is 114 Å². The highest BCUT2D eigenvalue weighted by atomic mass is 79.9. The number of nitrogens with zero attached hydrogens (tertiary/aromatic N) is 6. The van der Waals surface area contributed by atoms with Crippen LogP contribution in [0.25, 0.3) is 10.9 Å². The Morgan fingerprint density at radius 3 is 1.64 bits per heavy atom. The largest absolute Gasteiger partial charge is 0.384 e. The molecule has 0 aliphatic carbocycles. The van der Waals surface area contributed by atoms with Crippen LogP contribution in [0.5, 0.6) is 0 Å². The monoisotopic (exact) mass is 1750 g/mol. The quantitative estimate of drug-likeness (QED) is 0.0235. The molecule has 592 valence electrons. The average Bonchev–Trinajstić information content (AvgIpc) is 0.803. The number of aryl methyl sites for hydroxylation is 1. The van der Waals surface area contributed by atoms with Gasteiger partial charge in [0.2, 0.25) is 0 Å². The van der Waals surface area contributed by atoms with Crippen LogP contribution in [0.2, 0.25) is 0 Å². The molecule has 1 aromatic carbocycles. The maximum atomic E-state index is 11.2. The van der Waals surface area contributed by atoms with Gasteiger partial charge in [0.05, 0.1) is 80.2 Å². The molecular formula is C70H101BrCl6N6O17S5. The molecule has 4 aromatic heterocycles. The third-order valence-electron chi connectivity index (χ3n) is 10.1. The van der Waals surface area contributed by atoms with Crippen LogP contribution in [0.15, 0.2) is 116 Å². The second-order valence-corrected chi connectivity index (χ2v) is 30.6. The van der Waals surface area contributed by atoms with Crippen molar-refractivity contribution in [3.05, 3.63) is 145 Å². The molecule has 1 fully saturated rings. The Balaban J connectivity index is -0.000000259. The standard InChI is InChI=1S/C13H15NO3S.C6H12ClNO.3C6H6ClN.2C6H10O3S.C5H12ClN.C5H8O3S.C4H5ClO.C4H6O3S.C3H5Br/c1-9-8-12(10(2)17-18(3,15)16)11-6-4-5-7-13(11)14-9;7-1-2-8-3-5-9-6-4-8;7-5-6-1-3-8-4-2-6;7-4-6-2-1-3-8-5-6;7-5-6-3-1-2-4-8-6;1-4-5-6(2)9-10(3,7)8;1-3-4-5-6-9-10(2,7)8;1-7(2)5-3-4-6;1-3-4-5-8-9(2,6)7;5-3-1-2-4-6;1-3-4-7-8(2,5)6;1-2-3-4/h4-8,10H,1-3H3;1-6H2;1-4H,5H2;1-3,5H,4H2;1-4H,5H2;6H,1-3H3;3,6H2,1-2H3;3-5H2,1-2H3;1H,4-5H2,2H3;6H,3-4H2;1H,4H2,2H3;2H,1,3H2. The van der Waals surface area contributed by atoms with Gasteiger partial charge in [-0.3, -0.25) is 45.8 Å². The van der Waals surface area contributed by atoms with Gasteiger partial charge < -0.3 is 14.7 Å². The van der Waals surface area contributed by atoms with Crippen LogP contribution in [-0.2, 0) is 93.9 Å². The Bertz CT molecular complexity index is 3770. The lowest BCUT2D eigenvalue weighted by Crippen LogP contribution is -2.37. The first-order chi connectivity index (χ1) is 49.3. The van der Waals surface area contributed by atoms with Crippen molar-refractivity contribution in [3.63, 3.8) is 0 Å².